The SMILES string of the molecule is CCOc1cc(CN[C@H](Cc2c[nH]c3ccccc23)C(=O)O)cc(Br)c1OCc1cccc(C)c1. The van der Waals surface area contributed by atoms with Crippen molar-refractivity contribution >= 4 is 32.8 Å². The zero-order valence-corrected chi connectivity index (χ0v) is 21.4. The Labute approximate surface area is 213 Å². The molecule has 1 heterocycles. The van der Waals surface area contributed by atoms with E-state index in [1.807, 2.05) is 61.7 Å². The Morgan fingerprint density at radius 3 is 2.69 bits per heavy atom. The lowest BCUT2D eigenvalue weighted by molar-refractivity contribution is -0.139. The van der Waals surface area contributed by atoms with Crippen LogP contribution in [0.5, 0.6) is 11.5 Å². The molecule has 4 rings (SSSR count). The fourth-order valence-corrected chi connectivity index (χ4v) is 4.70. The van der Waals surface area contributed by atoms with Crippen LogP contribution in [-0.2, 0) is 24.4 Å². The number of rotatable bonds is 11. The fourth-order valence-electron chi connectivity index (χ4n) is 4.09. The lowest BCUT2D eigenvalue weighted by Gasteiger charge is -2.18. The second kappa shape index (κ2) is 11.4. The molecular weight excluding hydrogens is 508 g/mol. The summed E-state index contributed by atoms with van der Waals surface area (Å²) >= 11 is 3.61. The second-order valence-corrected chi connectivity index (χ2v) is 9.31. The number of halogens is 1. The second-order valence-electron chi connectivity index (χ2n) is 8.45. The highest BCUT2D eigenvalue weighted by atomic mass is 79.9. The highest BCUT2D eigenvalue weighted by molar-refractivity contribution is 9.10. The number of aryl methyl sites for hydroxylation is 1. The molecule has 182 valence electrons. The third-order valence-electron chi connectivity index (χ3n) is 5.78. The largest absolute Gasteiger partial charge is 0.490 e. The third kappa shape index (κ3) is 6.24. The van der Waals surface area contributed by atoms with Gasteiger partial charge in [0.1, 0.15) is 12.6 Å². The minimum atomic E-state index is -0.891. The number of aromatic amines is 1. The van der Waals surface area contributed by atoms with Gasteiger partial charge in [-0.3, -0.25) is 4.79 Å². The lowest BCUT2D eigenvalue weighted by atomic mass is 10.0. The van der Waals surface area contributed by atoms with Crippen molar-refractivity contribution in [3.05, 3.63) is 93.6 Å². The Morgan fingerprint density at radius 2 is 1.91 bits per heavy atom. The van der Waals surface area contributed by atoms with Gasteiger partial charge in [-0.25, -0.2) is 0 Å². The maximum absolute atomic E-state index is 12.0. The molecule has 0 saturated carbocycles. The summed E-state index contributed by atoms with van der Waals surface area (Å²) in [6.45, 7) is 5.25. The van der Waals surface area contributed by atoms with Crippen LogP contribution in [0.25, 0.3) is 10.9 Å². The lowest BCUT2D eigenvalue weighted by Crippen LogP contribution is -2.38. The average Bonchev–Trinajstić information content (AvgIpc) is 3.24. The molecule has 1 atom stereocenters. The summed E-state index contributed by atoms with van der Waals surface area (Å²) < 4.78 is 12.7. The van der Waals surface area contributed by atoms with E-state index >= 15 is 0 Å². The maximum Gasteiger partial charge on any atom is 0.321 e. The van der Waals surface area contributed by atoms with Crippen molar-refractivity contribution < 1.29 is 19.4 Å². The van der Waals surface area contributed by atoms with Crippen molar-refractivity contribution in [2.24, 2.45) is 0 Å². The van der Waals surface area contributed by atoms with Crippen molar-refractivity contribution in [1.82, 2.24) is 10.3 Å². The van der Waals surface area contributed by atoms with Gasteiger partial charge in [0.2, 0.25) is 0 Å². The molecule has 0 unspecified atom stereocenters. The molecule has 0 aliphatic heterocycles. The zero-order valence-electron chi connectivity index (χ0n) is 19.8. The number of para-hydroxylation sites is 1. The molecule has 0 bridgehead atoms. The van der Waals surface area contributed by atoms with Gasteiger partial charge in [-0.15, -0.1) is 0 Å². The van der Waals surface area contributed by atoms with Crippen LogP contribution in [0.4, 0.5) is 0 Å². The van der Waals surface area contributed by atoms with Gasteiger partial charge in [0, 0.05) is 30.1 Å². The van der Waals surface area contributed by atoms with Crippen LogP contribution in [-0.4, -0.2) is 28.7 Å². The number of fused-ring (bicyclic) bond motifs is 1. The Balaban J connectivity index is 1.47. The van der Waals surface area contributed by atoms with Gasteiger partial charge in [-0.05, 0) is 64.7 Å². The van der Waals surface area contributed by atoms with Gasteiger partial charge in [0.05, 0.1) is 11.1 Å². The highest BCUT2D eigenvalue weighted by Crippen LogP contribution is 2.37. The van der Waals surface area contributed by atoms with Crippen molar-refractivity contribution in [3.8, 4) is 11.5 Å². The van der Waals surface area contributed by atoms with Gasteiger partial charge in [-0.2, -0.15) is 0 Å². The maximum atomic E-state index is 12.0. The minimum absolute atomic E-state index is 0.371. The summed E-state index contributed by atoms with van der Waals surface area (Å²) in [5.74, 6) is 0.359. The molecule has 0 saturated heterocycles. The van der Waals surface area contributed by atoms with Crippen LogP contribution in [0.15, 0.2) is 71.3 Å². The molecule has 0 aliphatic rings. The summed E-state index contributed by atoms with van der Waals surface area (Å²) in [6, 6.07) is 19.2. The Hall–Kier alpha value is -3.29. The number of hydrogen-bond acceptors (Lipinski definition) is 4. The molecule has 0 radical (unpaired) electrons. The Bertz CT molecular complexity index is 1320. The van der Waals surface area contributed by atoms with E-state index in [0.717, 1.165) is 32.1 Å². The number of H-pyrrole nitrogens is 1. The topological polar surface area (TPSA) is 83.6 Å². The summed E-state index contributed by atoms with van der Waals surface area (Å²) in [5, 5.41) is 14.1. The van der Waals surface area contributed by atoms with Crippen LogP contribution >= 0.6 is 15.9 Å². The molecule has 3 N–H and O–H groups in total. The highest BCUT2D eigenvalue weighted by Gasteiger charge is 2.20. The Kier molecular flexibility index (Phi) is 8.10. The number of nitrogens with one attached hydrogen (secondary N) is 2. The summed E-state index contributed by atoms with van der Waals surface area (Å²) in [4.78, 5) is 15.2. The summed E-state index contributed by atoms with van der Waals surface area (Å²) in [5.41, 5.74) is 5.12. The molecule has 4 aromatic rings. The third-order valence-corrected chi connectivity index (χ3v) is 6.37. The number of carboxylic acid groups (broad SMARTS) is 1. The molecule has 3 aromatic carbocycles. The van der Waals surface area contributed by atoms with E-state index in [1.54, 1.807) is 0 Å². The average molecular weight is 537 g/mol. The first kappa shape index (κ1) is 24.8. The van der Waals surface area contributed by atoms with E-state index in [4.69, 9.17) is 9.47 Å². The van der Waals surface area contributed by atoms with E-state index in [0.29, 0.717) is 37.7 Å². The van der Waals surface area contributed by atoms with E-state index in [2.05, 4.69) is 45.3 Å². The van der Waals surface area contributed by atoms with Crippen molar-refractivity contribution in [2.75, 3.05) is 6.61 Å². The van der Waals surface area contributed by atoms with Crippen LogP contribution in [0, 0.1) is 6.92 Å². The first-order chi connectivity index (χ1) is 16.9. The number of carbonyl (C=O) groups is 1. The summed E-state index contributed by atoms with van der Waals surface area (Å²) in [6.07, 6.45) is 2.25. The number of carboxylic acids is 1. The molecule has 0 amide bonds. The van der Waals surface area contributed by atoms with Gasteiger partial charge >= 0.3 is 5.97 Å². The normalized spacial score (nSPS) is 12.0. The monoisotopic (exact) mass is 536 g/mol. The van der Waals surface area contributed by atoms with Crippen LogP contribution in [0.3, 0.4) is 0 Å². The standard InChI is InChI=1S/C28H29BrN2O4/c1-3-34-26-13-20(12-23(29)27(26)35-17-19-8-6-7-18(2)11-19)15-30-25(28(32)33)14-21-16-31-24-10-5-4-9-22(21)24/h4-13,16,25,30-31H,3,14-15,17H2,1-2H3,(H,32,33)/t25-/m1/s1. The number of aliphatic carboxylic acids is 1. The van der Waals surface area contributed by atoms with E-state index in [1.165, 1.54) is 5.56 Å². The van der Waals surface area contributed by atoms with Gasteiger partial charge in [0.25, 0.3) is 0 Å². The molecule has 0 fully saturated rings. The van der Waals surface area contributed by atoms with E-state index in [-0.39, 0.29) is 0 Å². The minimum Gasteiger partial charge on any atom is -0.490 e. The van der Waals surface area contributed by atoms with E-state index < -0.39 is 12.0 Å². The first-order valence-electron chi connectivity index (χ1n) is 11.6. The first-order valence-corrected chi connectivity index (χ1v) is 12.4. The zero-order chi connectivity index (χ0) is 24.8. The molecule has 35 heavy (non-hydrogen) atoms. The molecular formula is C28H29BrN2O4. The van der Waals surface area contributed by atoms with Crippen molar-refractivity contribution in [1.29, 1.82) is 0 Å². The van der Waals surface area contributed by atoms with Gasteiger partial charge in [0.15, 0.2) is 11.5 Å². The predicted octanol–water partition coefficient (Wildman–Crippen LogP) is 6.00. The molecule has 0 spiro atoms. The molecule has 6 nitrogen and oxygen atoms in total. The fraction of sp³-hybridized carbons (Fsp3) is 0.250. The molecule has 1 aromatic heterocycles. The smallest absolute Gasteiger partial charge is 0.321 e. The van der Waals surface area contributed by atoms with Crippen LogP contribution < -0.4 is 14.8 Å². The molecule has 0 aliphatic carbocycles. The predicted molar refractivity (Wildman–Crippen MR) is 141 cm³/mol. The van der Waals surface area contributed by atoms with E-state index in [9.17, 15) is 9.90 Å². The number of ether oxygens (including phenoxy) is 2. The summed E-state index contributed by atoms with van der Waals surface area (Å²) in [7, 11) is 0. The quantitative estimate of drug-likeness (QED) is 0.219. The van der Waals surface area contributed by atoms with Crippen molar-refractivity contribution in [3.63, 3.8) is 0 Å². The van der Waals surface area contributed by atoms with Crippen LogP contribution in [0.1, 0.15) is 29.2 Å². The molecule has 7 heteroatoms. The van der Waals surface area contributed by atoms with Gasteiger partial charge in [-0.1, -0.05) is 48.0 Å². The number of aromatic nitrogens is 1. The number of hydrogen-bond donors (Lipinski definition) is 3. The van der Waals surface area contributed by atoms with Crippen LogP contribution in [0.2, 0.25) is 0 Å². The van der Waals surface area contributed by atoms with Gasteiger partial charge < -0.3 is 24.9 Å². The Morgan fingerprint density at radius 1 is 1.09 bits per heavy atom. The number of benzene rings is 3. The van der Waals surface area contributed by atoms with Crippen molar-refractivity contribution in [2.45, 2.75) is 39.5 Å².